The van der Waals surface area contributed by atoms with Crippen LogP contribution in [0.1, 0.15) is 38.5 Å². The third kappa shape index (κ3) is 4.20. The monoisotopic (exact) mass is 300 g/mol. The molecule has 2 unspecified atom stereocenters. The summed E-state index contributed by atoms with van der Waals surface area (Å²) in [5.41, 5.74) is 0. The van der Waals surface area contributed by atoms with Gasteiger partial charge in [-0.1, -0.05) is 18.2 Å². The quantitative estimate of drug-likeness (QED) is 0.723. The molecule has 3 aliphatic rings. The van der Waals surface area contributed by atoms with Gasteiger partial charge in [0.25, 0.3) is 0 Å². The Morgan fingerprint density at radius 1 is 1.23 bits per heavy atom. The molecule has 2 aliphatic carbocycles. The molecule has 0 N–H and O–H groups in total. The first kappa shape index (κ1) is 15.3. The SMILES string of the molecule is O=C(CC1C=CC(OC2C=CCCC=C2)=CC1)C1CCCO1. The van der Waals surface area contributed by atoms with Crippen LogP contribution in [0.2, 0.25) is 0 Å². The third-order valence-corrected chi connectivity index (χ3v) is 4.33. The van der Waals surface area contributed by atoms with Gasteiger partial charge in [0.15, 0.2) is 5.78 Å². The molecule has 1 heterocycles. The van der Waals surface area contributed by atoms with Gasteiger partial charge >= 0.3 is 0 Å². The molecule has 0 bridgehead atoms. The van der Waals surface area contributed by atoms with Crippen molar-refractivity contribution in [2.24, 2.45) is 5.92 Å². The predicted octanol–water partition coefficient (Wildman–Crippen LogP) is 3.88. The molecule has 2 atom stereocenters. The summed E-state index contributed by atoms with van der Waals surface area (Å²) in [5, 5.41) is 0. The molecule has 0 spiro atoms. The number of rotatable bonds is 5. The molecular formula is C19H24O3. The molecule has 1 saturated heterocycles. The van der Waals surface area contributed by atoms with Crippen molar-refractivity contribution in [3.05, 3.63) is 48.3 Å². The van der Waals surface area contributed by atoms with Crippen LogP contribution in [-0.2, 0) is 14.3 Å². The molecule has 1 aliphatic heterocycles. The highest BCUT2D eigenvalue weighted by atomic mass is 16.5. The van der Waals surface area contributed by atoms with Crippen molar-refractivity contribution in [1.29, 1.82) is 0 Å². The minimum atomic E-state index is -0.156. The van der Waals surface area contributed by atoms with E-state index in [1.54, 1.807) is 0 Å². The maximum atomic E-state index is 12.1. The van der Waals surface area contributed by atoms with Crippen LogP contribution in [0, 0.1) is 5.92 Å². The Hall–Kier alpha value is -1.61. The van der Waals surface area contributed by atoms with Crippen LogP contribution in [0.5, 0.6) is 0 Å². The van der Waals surface area contributed by atoms with E-state index >= 15 is 0 Å². The highest BCUT2D eigenvalue weighted by Gasteiger charge is 2.25. The van der Waals surface area contributed by atoms with E-state index in [1.807, 2.05) is 6.08 Å². The van der Waals surface area contributed by atoms with E-state index in [0.717, 1.165) is 44.5 Å². The standard InChI is InChI=1S/C19H24O3/c20-18(19-8-5-13-21-19)14-15-9-11-17(12-10-15)22-16-6-3-1-2-4-7-16/h3-4,6-7,9,11-12,15-16,19H,1-2,5,8,10,13-14H2. The van der Waals surface area contributed by atoms with Crippen LogP contribution in [0.4, 0.5) is 0 Å². The average molecular weight is 300 g/mol. The number of carbonyl (C=O) groups excluding carboxylic acids is 1. The highest BCUT2D eigenvalue weighted by Crippen LogP contribution is 2.24. The van der Waals surface area contributed by atoms with Crippen molar-refractivity contribution in [2.45, 2.75) is 50.7 Å². The Kier molecular flexibility index (Phi) is 5.28. The van der Waals surface area contributed by atoms with Gasteiger partial charge in [0.05, 0.1) is 0 Å². The van der Waals surface area contributed by atoms with Crippen LogP contribution in [0.25, 0.3) is 0 Å². The van der Waals surface area contributed by atoms with Gasteiger partial charge < -0.3 is 9.47 Å². The number of Topliss-reactive ketones (excluding diaryl/α,β-unsaturated/α-hetero) is 1. The smallest absolute Gasteiger partial charge is 0.162 e. The van der Waals surface area contributed by atoms with E-state index < -0.39 is 0 Å². The first-order valence-electron chi connectivity index (χ1n) is 8.34. The van der Waals surface area contributed by atoms with Gasteiger partial charge in [-0.05, 0) is 62.3 Å². The Morgan fingerprint density at radius 3 is 2.68 bits per heavy atom. The van der Waals surface area contributed by atoms with Crippen LogP contribution in [0.3, 0.4) is 0 Å². The zero-order valence-corrected chi connectivity index (χ0v) is 12.9. The molecular weight excluding hydrogens is 276 g/mol. The lowest BCUT2D eigenvalue weighted by Crippen LogP contribution is -2.22. The fraction of sp³-hybridized carbons (Fsp3) is 0.526. The summed E-state index contributed by atoms with van der Waals surface area (Å²) >= 11 is 0. The molecule has 3 rings (SSSR count). The Morgan fingerprint density at radius 2 is 2.05 bits per heavy atom. The van der Waals surface area contributed by atoms with Gasteiger partial charge in [0.1, 0.15) is 18.0 Å². The lowest BCUT2D eigenvalue weighted by atomic mass is 9.92. The Balaban J connectivity index is 1.47. The first-order chi connectivity index (χ1) is 10.8. The molecule has 3 nitrogen and oxygen atoms in total. The van der Waals surface area contributed by atoms with Crippen LogP contribution in [-0.4, -0.2) is 24.6 Å². The van der Waals surface area contributed by atoms with E-state index in [9.17, 15) is 4.79 Å². The summed E-state index contributed by atoms with van der Waals surface area (Å²) < 4.78 is 11.4. The summed E-state index contributed by atoms with van der Waals surface area (Å²) in [6.07, 6.45) is 20.1. The second kappa shape index (κ2) is 7.59. The average Bonchev–Trinajstić information content (AvgIpc) is 2.95. The highest BCUT2D eigenvalue weighted by molar-refractivity contribution is 5.83. The molecule has 0 aromatic heterocycles. The van der Waals surface area contributed by atoms with Gasteiger partial charge in [-0.2, -0.15) is 0 Å². The van der Waals surface area contributed by atoms with E-state index in [-0.39, 0.29) is 23.9 Å². The van der Waals surface area contributed by atoms with Gasteiger partial charge in [-0.15, -0.1) is 0 Å². The minimum absolute atomic E-state index is 0.0310. The number of hydrogen-bond acceptors (Lipinski definition) is 3. The molecule has 1 fully saturated rings. The van der Waals surface area contributed by atoms with E-state index in [4.69, 9.17) is 9.47 Å². The van der Waals surface area contributed by atoms with Crippen molar-refractivity contribution in [1.82, 2.24) is 0 Å². The van der Waals surface area contributed by atoms with Crippen molar-refractivity contribution in [2.75, 3.05) is 6.61 Å². The fourth-order valence-corrected chi connectivity index (χ4v) is 3.06. The molecule has 22 heavy (non-hydrogen) atoms. The predicted molar refractivity (Wildman–Crippen MR) is 86.3 cm³/mol. The fourth-order valence-electron chi connectivity index (χ4n) is 3.06. The van der Waals surface area contributed by atoms with Gasteiger partial charge in [-0.3, -0.25) is 4.79 Å². The maximum Gasteiger partial charge on any atom is 0.162 e. The van der Waals surface area contributed by atoms with E-state index in [1.165, 1.54) is 0 Å². The lowest BCUT2D eigenvalue weighted by Gasteiger charge is -2.19. The number of ketones is 1. The van der Waals surface area contributed by atoms with Gasteiger partial charge in [-0.25, -0.2) is 0 Å². The molecule has 118 valence electrons. The van der Waals surface area contributed by atoms with Crippen molar-refractivity contribution < 1.29 is 14.3 Å². The number of carbonyl (C=O) groups is 1. The summed E-state index contributed by atoms with van der Waals surface area (Å²) in [6, 6.07) is 0. The Bertz CT molecular complexity index is 493. The van der Waals surface area contributed by atoms with Crippen LogP contribution >= 0.6 is 0 Å². The second-order valence-corrected chi connectivity index (χ2v) is 6.15. The first-order valence-corrected chi connectivity index (χ1v) is 8.34. The van der Waals surface area contributed by atoms with E-state index in [0.29, 0.717) is 6.42 Å². The molecule has 0 amide bonds. The Labute approximate surface area is 132 Å². The molecule has 0 aromatic rings. The topological polar surface area (TPSA) is 35.5 Å². The summed E-state index contributed by atoms with van der Waals surface area (Å²) in [4.78, 5) is 12.1. The zero-order valence-electron chi connectivity index (χ0n) is 12.9. The zero-order chi connectivity index (χ0) is 15.2. The summed E-state index contributed by atoms with van der Waals surface area (Å²) in [7, 11) is 0. The number of hydrogen-bond donors (Lipinski definition) is 0. The van der Waals surface area contributed by atoms with Crippen LogP contribution < -0.4 is 0 Å². The maximum absolute atomic E-state index is 12.1. The normalized spacial score (nSPS) is 28.5. The molecule has 0 radical (unpaired) electrons. The second-order valence-electron chi connectivity index (χ2n) is 6.15. The third-order valence-electron chi connectivity index (χ3n) is 4.33. The van der Waals surface area contributed by atoms with Crippen molar-refractivity contribution in [3.63, 3.8) is 0 Å². The summed E-state index contributed by atoms with van der Waals surface area (Å²) in [5.74, 6) is 1.44. The molecule has 0 saturated carbocycles. The van der Waals surface area contributed by atoms with Crippen molar-refractivity contribution in [3.8, 4) is 0 Å². The number of ether oxygens (including phenoxy) is 2. The largest absolute Gasteiger partial charge is 0.483 e. The lowest BCUT2D eigenvalue weighted by molar-refractivity contribution is -0.128. The summed E-state index contributed by atoms with van der Waals surface area (Å²) in [6.45, 7) is 0.733. The molecule has 0 aromatic carbocycles. The minimum Gasteiger partial charge on any atom is -0.483 e. The van der Waals surface area contributed by atoms with Crippen LogP contribution in [0.15, 0.2) is 48.3 Å². The van der Waals surface area contributed by atoms with Gasteiger partial charge in [0.2, 0.25) is 0 Å². The van der Waals surface area contributed by atoms with Gasteiger partial charge in [0, 0.05) is 13.0 Å². The number of allylic oxidation sites excluding steroid dienone is 5. The van der Waals surface area contributed by atoms with E-state index in [2.05, 4.69) is 36.5 Å². The molecule has 3 heteroatoms. The van der Waals surface area contributed by atoms with Crippen molar-refractivity contribution >= 4 is 5.78 Å².